The van der Waals surface area contributed by atoms with Crippen molar-refractivity contribution in [2.24, 2.45) is 0 Å². The lowest BCUT2D eigenvalue weighted by molar-refractivity contribution is -0.355. The van der Waals surface area contributed by atoms with Gasteiger partial charge in [-0.3, -0.25) is 0 Å². The third-order valence-corrected chi connectivity index (χ3v) is 6.67. The molecule has 1 unspecified atom stereocenters. The molecule has 0 spiro atoms. The molecule has 0 saturated carbocycles. The lowest BCUT2D eigenvalue weighted by Crippen LogP contribution is -2.51. The largest absolute Gasteiger partial charge is 0.459 e. The van der Waals surface area contributed by atoms with Gasteiger partial charge in [0.15, 0.2) is 0 Å². The fraction of sp³-hybridized carbons (Fsp3) is 1.00. The second kappa shape index (κ2) is 17.8. The minimum Gasteiger partial charge on any atom is -0.379 e. The molecule has 9 heteroatoms. The Balaban J connectivity index is 1.79. The van der Waals surface area contributed by atoms with Crippen LogP contribution >= 0.6 is 0 Å². The Kier molecular flexibility index (Phi) is 16.5. The summed E-state index contributed by atoms with van der Waals surface area (Å²) in [5.74, 6) is -11.0. The maximum Gasteiger partial charge on any atom is 0.459 e. The van der Waals surface area contributed by atoms with Crippen LogP contribution < -0.4 is 0 Å². The Bertz CT molecular complexity index is 506. The van der Waals surface area contributed by atoms with Crippen molar-refractivity contribution < 1.29 is 40.2 Å². The normalized spacial score (nSPS) is 17.7. The molecule has 1 aliphatic rings. The van der Waals surface area contributed by atoms with Crippen molar-refractivity contribution in [3.05, 3.63) is 0 Å². The molecule has 1 fully saturated rings. The van der Waals surface area contributed by atoms with E-state index in [1.54, 1.807) is 0 Å². The molecule has 0 amide bonds. The van der Waals surface area contributed by atoms with Crippen molar-refractivity contribution in [2.75, 3.05) is 19.8 Å². The molecular formula is C26H45F7O2. The number of alkyl halides is 7. The second-order valence-corrected chi connectivity index (χ2v) is 9.89. The second-order valence-electron chi connectivity index (χ2n) is 9.89. The Morgan fingerprint density at radius 1 is 0.600 bits per heavy atom. The summed E-state index contributed by atoms with van der Waals surface area (Å²) < 4.78 is 99.6. The van der Waals surface area contributed by atoms with Crippen LogP contribution in [0.3, 0.4) is 0 Å². The van der Waals surface area contributed by atoms with Gasteiger partial charge < -0.3 is 9.47 Å². The van der Waals surface area contributed by atoms with Crippen molar-refractivity contribution in [3.8, 4) is 0 Å². The van der Waals surface area contributed by atoms with Crippen LogP contribution in [0.1, 0.15) is 122 Å². The van der Waals surface area contributed by atoms with E-state index in [2.05, 4.69) is 0 Å². The zero-order chi connectivity index (χ0) is 26.0. The zero-order valence-corrected chi connectivity index (χ0v) is 21.1. The van der Waals surface area contributed by atoms with Gasteiger partial charge in [0.1, 0.15) is 0 Å². The monoisotopic (exact) mass is 522 g/mol. The van der Waals surface area contributed by atoms with E-state index in [4.69, 9.17) is 9.47 Å². The lowest BCUT2D eigenvalue weighted by Gasteiger charge is -2.28. The topological polar surface area (TPSA) is 18.5 Å². The summed E-state index contributed by atoms with van der Waals surface area (Å²) in [6, 6.07) is 0. The standard InChI is InChI=1S/C26H45F7O2/c27-24(28,25(29,30)26(31,32)33)19-15-12-10-8-6-4-2-1-3-5-7-9-11-13-16-20-34-22-23-18-14-17-21-35-23/h23H,1-22H2. The summed E-state index contributed by atoms with van der Waals surface area (Å²) in [7, 11) is 0. The zero-order valence-electron chi connectivity index (χ0n) is 21.1. The molecule has 1 saturated heterocycles. The average Bonchev–Trinajstić information content (AvgIpc) is 2.80. The maximum atomic E-state index is 13.2. The van der Waals surface area contributed by atoms with Crippen LogP contribution in [-0.2, 0) is 9.47 Å². The van der Waals surface area contributed by atoms with E-state index in [1.807, 2.05) is 0 Å². The molecule has 0 aromatic carbocycles. The summed E-state index contributed by atoms with van der Waals surface area (Å²) in [5, 5.41) is 0. The first kappa shape index (κ1) is 32.5. The third kappa shape index (κ3) is 14.1. The molecular weight excluding hydrogens is 477 g/mol. The number of hydrogen-bond acceptors (Lipinski definition) is 2. The first-order valence-corrected chi connectivity index (χ1v) is 13.6. The Morgan fingerprint density at radius 2 is 1.06 bits per heavy atom. The lowest BCUT2D eigenvalue weighted by atomic mass is 10.0. The summed E-state index contributed by atoms with van der Waals surface area (Å²) >= 11 is 0. The van der Waals surface area contributed by atoms with E-state index < -0.39 is 24.4 Å². The van der Waals surface area contributed by atoms with E-state index in [0.717, 1.165) is 64.8 Å². The van der Waals surface area contributed by atoms with Crippen LogP contribution in [0, 0.1) is 0 Å². The average molecular weight is 523 g/mol. The molecule has 0 aliphatic carbocycles. The van der Waals surface area contributed by atoms with Gasteiger partial charge in [-0.1, -0.05) is 83.5 Å². The van der Waals surface area contributed by atoms with E-state index >= 15 is 0 Å². The summed E-state index contributed by atoms with van der Waals surface area (Å²) in [6.45, 7) is 2.42. The van der Waals surface area contributed by atoms with E-state index in [9.17, 15) is 30.7 Å². The van der Waals surface area contributed by atoms with Gasteiger partial charge in [-0.25, -0.2) is 0 Å². The highest BCUT2D eigenvalue weighted by Crippen LogP contribution is 2.48. The van der Waals surface area contributed by atoms with Crippen LogP contribution in [0.2, 0.25) is 0 Å². The minimum absolute atomic E-state index is 0.241. The van der Waals surface area contributed by atoms with Crippen molar-refractivity contribution in [3.63, 3.8) is 0 Å². The van der Waals surface area contributed by atoms with Crippen LogP contribution in [-0.4, -0.2) is 43.9 Å². The quantitative estimate of drug-likeness (QED) is 0.110. The summed E-state index contributed by atoms with van der Waals surface area (Å²) in [5.41, 5.74) is 0. The highest BCUT2D eigenvalue weighted by Gasteiger charge is 2.72. The maximum absolute atomic E-state index is 13.2. The van der Waals surface area contributed by atoms with Crippen molar-refractivity contribution in [1.29, 1.82) is 0 Å². The molecule has 1 rings (SSSR count). The van der Waals surface area contributed by atoms with Gasteiger partial charge in [0.25, 0.3) is 0 Å². The van der Waals surface area contributed by atoms with Crippen LogP contribution in [0.15, 0.2) is 0 Å². The minimum atomic E-state index is -6.23. The van der Waals surface area contributed by atoms with Crippen LogP contribution in [0.25, 0.3) is 0 Å². The van der Waals surface area contributed by atoms with Gasteiger partial charge in [0, 0.05) is 19.6 Å². The van der Waals surface area contributed by atoms with Gasteiger partial charge >= 0.3 is 18.0 Å². The highest BCUT2D eigenvalue weighted by molar-refractivity contribution is 4.90. The molecule has 1 atom stereocenters. The number of rotatable bonds is 21. The summed E-state index contributed by atoms with van der Waals surface area (Å²) in [6.07, 6.45) is 10.1. The number of ether oxygens (including phenoxy) is 2. The number of hydrogen-bond donors (Lipinski definition) is 0. The van der Waals surface area contributed by atoms with E-state index in [1.165, 1.54) is 51.4 Å². The molecule has 0 aromatic heterocycles. The van der Waals surface area contributed by atoms with Gasteiger partial charge in [-0.2, -0.15) is 30.7 Å². The molecule has 1 heterocycles. The van der Waals surface area contributed by atoms with E-state index in [-0.39, 0.29) is 12.8 Å². The molecule has 35 heavy (non-hydrogen) atoms. The van der Waals surface area contributed by atoms with Gasteiger partial charge in [0.2, 0.25) is 0 Å². The summed E-state index contributed by atoms with van der Waals surface area (Å²) in [4.78, 5) is 0. The van der Waals surface area contributed by atoms with Crippen molar-refractivity contribution in [2.45, 2.75) is 146 Å². The molecule has 0 bridgehead atoms. The first-order valence-electron chi connectivity index (χ1n) is 13.6. The fourth-order valence-corrected chi connectivity index (χ4v) is 4.37. The van der Waals surface area contributed by atoms with Gasteiger partial charge in [0.05, 0.1) is 12.7 Å². The van der Waals surface area contributed by atoms with Crippen LogP contribution in [0.5, 0.6) is 0 Å². The molecule has 0 radical (unpaired) electrons. The number of halogens is 7. The Hall–Kier alpha value is -0.570. The van der Waals surface area contributed by atoms with Gasteiger partial charge in [-0.15, -0.1) is 0 Å². The fourth-order valence-electron chi connectivity index (χ4n) is 4.37. The predicted octanol–water partition coefficient (Wildman–Crippen LogP) is 9.65. The smallest absolute Gasteiger partial charge is 0.379 e. The van der Waals surface area contributed by atoms with Crippen LogP contribution in [0.4, 0.5) is 30.7 Å². The predicted molar refractivity (Wildman–Crippen MR) is 124 cm³/mol. The van der Waals surface area contributed by atoms with Crippen molar-refractivity contribution >= 4 is 0 Å². The number of unbranched alkanes of at least 4 members (excludes halogenated alkanes) is 14. The molecule has 1 aliphatic heterocycles. The molecule has 0 aromatic rings. The Labute approximate surface area is 206 Å². The van der Waals surface area contributed by atoms with E-state index in [0.29, 0.717) is 12.5 Å². The first-order chi connectivity index (χ1) is 16.6. The highest BCUT2D eigenvalue weighted by atomic mass is 19.4. The third-order valence-electron chi connectivity index (χ3n) is 6.67. The van der Waals surface area contributed by atoms with Gasteiger partial charge in [-0.05, 0) is 32.1 Å². The Morgan fingerprint density at radius 3 is 1.49 bits per heavy atom. The SMILES string of the molecule is FC(F)(F)C(F)(F)C(F)(F)CCCCCCCCCCCCCCCCCOCC1CCCCO1. The molecule has 0 N–H and O–H groups in total. The molecule has 210 valence electrons. The molecule has 2 nitrogen and oxygen atoms in total. The van der Waals surface area contributed by atoms with Crippen molar-refractivity contribution in [1.82, 2.24) is 0 Å².